The van der Waals surface area contributed by atoms with Gasteiger partial charge in [-0.25, -0.2) is 0 Å². The molecule has 15 heavy (non-hydrogen) atoms. The molecule has 0 spiro atoms. The minimum absolute atomic E-state index is 0.114. The van der Waals surface area contributed by atoms with Gasteiger partial charge in [0.15, 0.2) is 0 Å². The summed E-state index contributed by atoms with van der Waals surface area (Å²) >= 11 is 0. The summed E-state index contributed by atoms with van der Waals surface area (Å²) in [7, 11) is -2.07. The van der Waals surface area contributed by atoms with Crippen molar-refractivity contribution in [2.45, 2.75) is 51.9 Å². The Balaban J connectivity index is 5.57. The van der Waals surface area contributed by atoms with Crippen LogP contribution in [0.3, 0.4) is 0 Å². The lowest BCUT2D eigenvalue weighted by atomic mass is 9.92. The summed E-state index contributed by atoms with van der Waals surface area (Å²) in [5.41, 5.74) is 0. The van der Waals surface area contributed by atoms with Crippen LogP contribution in [0.4, 0.5) is 0 Å². The maximum absolute atomic E-state index is 12.1. The first kappa shape index (κ1) is 14.4. The fourth-order valence-corrected chi connectivity index (χ4v) is 4.87. The first-order valence-electron chi connectivity index (χ1n) is 5.39. The highest BCUT2D eigenvalue weighted by Crippen LogP contribution is 2.44. The number of hydrogen-bond donors (Lipinski definition) is 1. The third-order valence-electron chi connectivity index (χ3n) is 3.12. The fourth-order valence-electron chi connectivity index (χ4n) is 2.14. The molecule has 0 aromatic rings. The second kappa shape index (κ2) is 4.47. The van der Waals surface area contributed by atoms with E-state index in [2.05, 4.69) is 0 Å². The van der Waals surface area contributed by atoms with E-state index in [1.165, 1.54) is 0 Å². The maximum Gasteiger partial charge on any atom is 0.314 e. The minimum atomic E-state index is -2.07. The van der Waals surface area contributed by atoms with Crippen molar-refractivity contribution in [2.24, 2.45) is 5.92 Å². The number of carboxylic acid groups (broad SMARTS) is 1. The molecular weight excluding hydrogens is 208 g/mol. The van der Waals surface area contributed by atoms with Gasteiger partial charge in [-0.05, 0) is 6.42 Å². The molecule has 88 valence electrons. The molecule has 1 atom stereocenters. The van der Waals surface area contributed by atoms with E-state index in [9.17, 15) is 14.7 Å². The molecule has 4 heteroatoms. The quantitative estimate of drug-likeness (QED) is 0.583. The highest BCUT2D eigenvalue weighted by atomic mass is 28.3. The molecule has 0 aliphatic carbocycles. The van der Waals surface area contributed by atoms with E-state index in [1.54, 1.807) is 20.8 Å². The molecule has 0 aliphatic rings. The topological polar surface area (TPSA) is 54.4 Å². The van der Waals surface area contributed by atoms with E-state index in [-0.39, 0.29) is 11.7 Å². The Kier molecular flexibility index (Phi) is 4.28. The van der Waals surface area contributed by atoms with Crippen molar-refractivity contribution in [2.75, 3.05) is 0 Å². The predicted molar refractivity (Wildman–Crippen MR) is 63.8 cm³/mol. The molecule has 0 radical (unpaired) electrons. The van der Waals surface area contributed by atoms with E-state index in [0.29, 0.717) is 6.42 Å². The SMILES string of the molecule is CCC(C(=O)O)(C(=O)C(C)C)[Si](C)(C)C. The Hall–Kier alpha value is -0.643. The molecule has 0 saturated heterocycles. The lowest BCUT2D eigenvalue weighted by Gasteiger charge is -2.38. The van der Waals surface area contributed by atoms with E-state index in [1.807, 2.05) is 19.6 Å². The Morgan fingerprint density at radius 1 is 1.27 bits per heavy atom. The van der Waals surface area contributed by atoms with Crippen LogP contribution in [0.25, 0.3) is 0 Å². The molecule has 0 aromatic carbocycles. The third-order valence-corrected chi connectivity index (χ3v) is 6.50. The van der Waals surface area contributed by atoms with Gasteiger partial charge < -0.3 is 5.11 Å². The summed E-state index contributed by atoms with van der Waals surface area (Å²) in [4.78, 5) is 23.6. The van der Waals surface area contributed by atoms with E-state index >= 15 is 0 Å². The normalized spacial score (nSPS) is 16.2. The first-order valence-corrected chi connectivity index (χ1v) is 8.89. The first-order chi connectivity index (χ1) is 6.61. The molecule has 0 fully saturated rings. The largest absolute Gasteiger partial charge is 0.481 e. The highest BCUT2D eigenvalue weighted by Gasteiger charge is 2.54. The molecule has 1 N–H and O–H groups in total. The Labute approximate surface area is 92.9 Å². The number of carbonyl (C=O) groups is 2. The van der Waals surface area contributed by atoms with Crippen molar-refractivity contribution < 1.29 is 14.7 Å². The highest BCUT2D eigenvalue weighted by molar-refractivity contribution is 6.86. The lowest BCUT2D eigenvalue weighted by Crippen LogP contribution is -2.51. The molecule has 0 saturated carbocycles. The van der Waals surface area contributed by atoms with Crippen molar-refractivity contribution in [3.05, 3.63) is 0 Å². The Morgan fingerprint density at radius 3 is 1.73 bits per heavy atom. The van der Waals surface area contributed by atoms with Crippen LogP contribution < -0.4 is 0 Å². The van der Waals surface area contributed by atoms with Crippen molar-refractivity contribution in [3.63, 3.8) is 0 Å². The standard InChI is InChI=1S/C11H22O3Si/c1-7-11(10(13)14,15(4,5)6)9(12)8(2)3/h8H,7H2,1-6H3,(H,13,14). The van der Waals surface area contributed by atoms with Crippen molar-refractivity contribution >= 4 is 19.8 Å². The molecule has 0 aromatic heterocycles. The monoisotopic (exact) mass is 230 g/mol. The molecule has 0 rings (SSSR count). The zero-order chi connectivity index (χ0) is 12.4. The predicted octanol–water partition coefficient (Wildman–Crippen LogP) is 2.78. The second-order valence-corrected chi connectivity index (χ2v) is 10.7. The van der Waals surface area contributed by atoms with Gasteiger partial charge in [-0.15, -0.1) is 0 Å². The van der Waals surface area contributed by atoms with Gasteiger partial charge in [-0.1, -0.05) is 40.4 Å². The minimum Gasteiger partial charge on any atom is -0.481 e. The number of rotatable bonds is 5. The summed E-state index contributed by atoms with van der Waals surface area (Å²) in [5.74, 6) is -1.27. The molecule has 0 aliphatic heterocycles. The van der Waals surface area contributed by atoms with Crippen LogP contribution in [0, 0.1) is 5.92 Å². The molecule has 3 nitrogen and oxygen atoms in total. The lowest BCUT2D eigenvalue weighted by molar-refractivity contribution is -0.146. The molecule has 1 unspecified atom stereocenters. The van der Waals surface area contributed by atoms with E-state index in [0.717, 1.165) is 0 Å². The van der Waals surface area contributed by atoms with Gasteiger partial charge in [0.1, 0.15) is 10.8 Å². The fraction of sp³-hybridized carbons (Fsp3) is 0.818. The number of Topliss-reactive ketones (excluding diaryl/α,β-unsaturated/α-hetero) is 1. The number of aliphatic carboxylic acids is 1. The van der Waals surface area contributed by atoms with Gasteiger partial charge in [0.05, 0.1) is 8.07 Å². The van der Waals surface area contributed by atoms with Gasteiger partial charge >= 0.3 is 5.97 Å². The number of ketones is 1. The summed E-state index contributed by atoms with van der Waals surface area (Å²) in [6.07, 6.45) is 0.398. The average molecular weight is 230 g/mol. The van der Waals surface area contributed by atoms with Crippen LogP contribution in [-0.4, -0.2) is 24.9 Å². The van der Waals surface area contributed by atoms with Crippen molar-refractivity contribution in [3.8, 4) is 0 Å². The second-order valence-electron chi connectivity index (χ2n) is 5.33. The van der Waals surface area contributed by atoms with Crippen LogP contribution in [-0.2, 0) is 9.59 Å². The molecule has 0 amide bonds. The van der Waals surface area contributed by atoms with Crippen LogP contribution in [0.5, 0.6) is 0 Å². The van der Waals surface area contributed by atoms with Crippen LogP contribution in [0.1, 0.15) is 27.2 Å². The number of hydrogen-bond acceptors (Lipinski definition) is 2. The van der Waals surface area contributed by atoms with Crippen molar-refractivity contribution in [1.29, 1.82) is 0 Å². The average Bonchev–Trinajstić information content (AvgIpc) is 2.02. The number of carboxylic acids is 1. The Bertz CT molecular complexity index is 265. The zero-order valence-corrected chi connectivity index (χ0v) is 11.5. The molecule has 0 heterocycles. The zero-order valence-electron chi connectivity index (χ0n) is 10.5. The van der Waals surface area contributed by atoms with E-state index < -0.39 is 19.1 Å². The Morgan fingerprint density at radius 2 is 1.67 bits per heavy atom. The summed E-state index contributed by atoms with van der Waals surface area (Å²) < 4.78 is 0. The van der Waals surface area contributed by atoms with Crippen molar-refractivity contribution in [1.82, 2.24) is 0 Å². The van der Waals surface area contributed by atoms with Gasteiger partial charge in [0.25, 0.3) is 0 Å². The van der Waals surface area contributed by atoms with Gasteiger partial charge in [-0.2, -0.15) is 0 Å². The smallest absolute Gasteiger partial charge is 0.314 e. The van der Waals surface area contributed by atoms with Gasteiger partial charge in [0.2, 0.25) is 0 Å². The van der Waals surface area contributed by atoms with Gasteiger partial charge in [-0.3, -0.25) is 9.59 Å². The molecular formula is C11H22O3Si. The number of carbonyl (C=O) groups excluding carboxylic acids is 1. The van der Waals surface area contributed by atoms with Crippen LogP contribution >= 0.6 is 0 Å². The van der Waals surface area contributed by atoms with Crippen LogP contribution in [0.2, 0.25) is 24.7 Å². The summed E-state index contributed by atoms with van der Waals surface area (Å²) in [5, 5.41) is 8.27. The summed E-state index contributed by atoms with van der Waals surface area (Å²) in [6.45, 7) is 11.2. The van der Waals surface area contributed by atoms with Crippen LogP contribution in [0.15, 0.2) is 0 Å². The molecule has 0 bridgehead atoms. The summed E-state index contributed by atoms with van der Waals surface area (Å²) in [6, 6.07) is 0. The maximum atomic E-state index is 12.1. The third kappa shape index (κ3) is 2.30. The van der Waals surface area contributed by atoms with Gasteiger partial charge in [0, 0.05) is 5.92 Å². The van der Waals surface area contributed by atoms with E-state index in [4.69, 9.17) is 0 Å².